The first-order valence-corrected chi connectivity index (χ1v) is 6.50. The molecule has 0 aliphatic rings. The number of imidazole rings is 1. The summed E-state index contributed by atoms with van der Waals surface area (Å²) in [5.41, 5.74) is 2.84. The van der Waals surface area contributed by atoms with Crippen molar-refractivity contribution >= 4 is 14.0 Å². The summed E-state index contributed by atoms with van der Waals surface area (Å²) in [6, 6.07) is -0.786. The number of aromatic nitrogens is 2. The van der Waals surface area contributed by atoms with Crippen molar-refractivity contribution in [2.24, 2.45) is 0 Å². The number of ketones is 1. The van der Waals surface area contributed by atoms with Crippen LogP contribution in [0.15, 0.2) is 12.5 Å². The summed E-state index contributed by atoms with van der Waals surface area (Å²) in [5.74, 6) is -0.187. The van der Waals surface area contributed by atoms with Crippen LogP contribution >= 0.6 is 8.17 Å². The van der Waals surface area contributed by atoms with Crippen LogP contribution < -0.4 is 5.48 Å². The molecular formula is C8H15N3O5P+. The van der Waals surface area contributed by atoms with Gasteiger partial charge in [0.25, 0.3) is 0 Å². The third-order valence-corrected chi connectivity index (χ3v) is 2.38. The van der Waals surface area contributed by atoms with Crippen molar-refractivity contribution in [1.29, 1.82) is 0 Å². The minimum absolute atomic E-state index is 0.187. The van der Waals surface area contributed by atoms with E-state index in [1.54, 1.807) is 6.92 Å². The minimum atomic E-state index is -4.40. The van der Waals surface area contributed by atoms with Crippen molar-refractivity contribution in [3.63, 3.8) is 0 Å². The monoisotopic (exact) mass is 264 g/mol. The summed E-state index contributed by atoms with van der Waals surface area (Å²) in [7, 11) is -4.40. The molecule has 17 heavy (non-hydrogen) atoms. The van der Waals surface area contributed by atoms with Crippen LogP contribution in [0.4, 0.5) is 0 Å². The summed E-state index contributed by atoms with van der Waals surface area (Å²) in [6.07, 6.45) is 3.50. The standard InChI is InChI=1S/C8H15N3O5P/c1-2-8(12)7(11-16-17(13,14)15)3-6-4-9-5-10-6/h4-5,7,11,13-15H,2-3H2,1H3,(H,9,10)/q+1/t7-/m0/s1. The zero-order chi connectivity index (χ0) is 12.9. The van der Waals surface area contributed by atoms with Crippen molar-refractivity contribution in [1.82, 2.24) is 15.4 Å². The van der Waals surface area contributed by atoms with Crippen LogP contribution in [0.5, 0.6) is 0 Å². The number of Topliss-reactive ketones (excluding diaryl/α,β-unsaturated/α-hetero) is 1. The number of rotatable bonds is 7. The Morgan fingerprint density at radius 3 is 2.82 bits per heavy atom. The molecule has 0 saturated heterocycles. The Labute approximate surface area is 98.3 Å². The van der Waals surface area contributed by atoms with Gasteiger partial charge in [0.2, 0.25) is 0 Å². The van der Waals surface area contributed by atoms with Crippen LogP contribution in [-0.4, -0.2) is 36.5 Å². The molecule has 0 aliphatic carbocycles. The van der Waals surface area contributed by atoms with E-state index in [9.17, 15) is 4.79 Å². The molecule has 96 valence electrons. The van der Waals surface area contributed by atoms with Crippen LogP contribution in [0.25, 0.3) is 0 Å². The van der Waals surface area contributed by atoms with Gasteiger partial charge in [-0.2, -0.15) is 14.7 Å². The third-order valence-electron chi connectivity index (χ3n) is 2.03. The molecule has 5 N–H and O–H groups in total. The van der Waals surface area contributed by atoms with Gasteiger partial charge in [-0.3, -0.25) is 4.79 Å². The van der Waals surface area contributed by atoms with Gasteiger partial charge in [-0.1, -0.05) is 11.5 Å². The smallest absolute Gasteiger partial charge is 0.348 e. The SMILES string of the molecule is CCC(=O)[C@H](Cc1cnc[nH]1)NO[P+](O)(O)O. The van der Waals surface area contributed by atoms with E-state index in [0.29, 0.717) is 5.69 Å². The lowest BCUT2D eigenvalue weighted by atomic mass is 10.1. The fourth-order valence-electron chi connectivity index (χ4n) is 1.22. The van der Waals surface area contributed by atoms with E-state index >= 15 is 0 Å². The molecule has 9 heteroatoms. The van der Waals surface area contributed by atoms with Gasteiger partial charge in [0.1, 0.15) is 6.04 Å². The van der Waals surface area contributed by atoms with Crippen molar-refractivity contribution in [3.8, 4) is 0 Å². The van der Waals surface area contributed by atoms with E-state index in [1.807, 2.05) is 0 Å². The summed E-state index contributed by atoms with van der Waals surface area (Å²) in [6.45, 7) is 1.67. The van der Waals surface area contributed by atoms with E-state index in [2.05, 4.69) is 20.1 Å². The Balaban J connectivity index is 2.58. The quantitative estimate of drug-likeness (QED) is 0.331. The van der Waals surface area contributed by atoms with Gasteiger partial charge in [0.15, 0.2) is 5.78 Å². The van der Waals surface area contributed by atoms with Crippen LogP contribution in [-0.2, 0) is 15.8 Å². The summed E-state index contributed by atoms with van der Waals surface area (Å²) >= 11 is 0. The lowest BCUT2D eigenvalue weighted by molar-refractivity contribution is -0.123. The predicted molar refractivity (Wildman–Crippen MR) is 59.2 cm³/mol. The highest BCUT2D eigenvalue weighted by Crippen LogP contribution is 2.44. The maximum atomic E-state index is 11.5. The largest absolute Gasteiger partial charge is 0.585 e. The topological polar surface area (TPSA) is 128 Å². The number of nitrogens with zero attached hydrogens (tertiary/aromatic N) is 1. The lowest BCUT2D eigenvalue weighted by Crippen LogP contribution is -2.38. The second-order valence-corrected chi connectivity index (χ2v) is 4.58. The van der Waals surface area contributed by atoms with Gasteiger partial charge in [0.05, 0.1) is 6.33 Å². The predicted octanol–water partition coefficient (Wildman–Crippen LogP) is -0.524. The number of hydrogen-bond acceptors (Lipinski definition) is 7. The van der Waals surface area contributed by atoms with Crippen molar-refractivity contribution in [2.75, 3.05) is 0 Å². The van der Waals surface area contributed by atoms with E-state index in [4.69, 9.17) is 14.7 Å². The van der Waals surface area contributed by atoms with E-state index in [-0.39, 0.29) is 18.6 Å². The maximum Gasteiger partial charge on any atom is 0.585 e. The van der Waals surface area contributed by atoms with Gasteiger partial charge in [-0.25, -0.2) is 4.98 Å². The van der Waals surface area contributed by atoms with Gasteiger partial charge >= 0.3 is 8.17 Å². The number of carbonyl (C=O) groups excluding carboxylic acids is 1. The molecular weight excluding hydrogens is 249 g/mol. The first-order valence-electron chi connectivity index (χ1n) is 4.93. The van der Waals surface area contributed by atoms with Crippen LogP contribution in [0.1, 0.15) is 19.0 Å². The zero-order valence-electron chi connectivity index (χ0n) is 9.20. The molecule has 0 bridgehead atoms. The number of aromatic amines is 1. The molecule has 1 aromatic rings. The summed E-state index contributed by atoms with van der Waals surface area (Å²) in [4.78, 5) is 44.1. The fraction of sp³-hybridized carbons (Fsp3) is 0.500. The number of hydroxylamine groups is 1. The molecule has 0 spiro atoms. The summed E-state index contributed by atoms with van der Waals surface area (Å²) in [5, 5.41) is 0. The van der Waals surface area contributed by atoms with Crippen LogP contribution in [0.3, 0.4) is 0 Å². The third kappa shape index (κ3) is 5.31. The molecule has 0 unspecified atom stereocenters. The molecule has 1 heterocycles. The zero-order valence-corrected chi connectivity index (χ0v) is 10.1. The number of nitrogens with one attached hydrogen (secondary N) is 2. The Kier molecular flexibility index (Phi) is 5.13. The first kappa shape index (κ1) is 14.2. The highest BCUT2D eigenvalue weighted by molar-refractivity contribution is 7.53. The van der Waals surface area contributed by atoms with Crippen LogP contribution in [0, 0.1) is 0 Å². The number of hydrogen-bond donors (Lipinski definition) is 5. The average Bonchev–Trinajstić information content (AvgIpc) is 2.74. The molecule has 0 amide bonds. The van der Waals surface area contributed by atoms with Crippen molar-refractivity contribution in [3.05, 3.63) is 18.2 Å². The van der Waals surface area contributed by atoms with Crippen molar-refractivity contribution in [2.45, 2.75) is 25.8 Å². The van der Waals surface area contributed by atoms with E-state index in [0.717, 1.165) is 0 Å². The average molecular weight is 264 g/mol. The molecule has 0 saturated carbocycles. The Hall–Kier alpha value is -0.890. The first-order chi connectivity index (χ1) is 7.92. The number of H-pyrrole nitrogens is 1. The molecule has 1 aromatic heterocycles. The highest BCUT2D eigenvalue weighted by atomic mass is 31.2. The van der Waals surface area contributed by atoms with Crippen LogP contribution in [0.2, 0.25) is 0 Å². The minimum Gasteiger partial charge on any atom is -0.348 e. The highest BCUT2D eigenvalue weighted by Gasteiger charge is 2.36. The van der Waals surface area contributed by atoms with Crippen molar-refractivity contribution < 1.29 is 24.1 Å². The second kappa shape index (κ2) is 6.15. The maximum absolute atomic E-state index is 11.5. The Bertz CT molecular complexity index is 351. The molecule has 1 atom stereocenters. The van der Waals surface area contributed by atoms with E-state index in [1.165, 1.54) is 12.5 Å². The normalized spacial score (nSPS) is 13.6. The van der Waals surface area contributed by atoms with E-state index < -0.39 is 14.2 Å². The van der Waals surface area contributed by atoms with Gasteiger partial charge < -0.3 is 4.98 Å². The van der Waals surface area contributed by atoms with Gasteiger partial charge in [0, 0.05) is 24.7 Å². The van der Waals surface area contributed by atoms with Gasteiger partial charge in [-0.05, 0) is 0 Å². The lowest BCUT2D eigenvalue weighted by Gasteiger charge is -2.14. The Morgan fingerprint density at radius 2 is 2.35 bits per heavy atom. The Morgan fingerprint density at radius 1 is 1.65 bits per heavy atom. The molecule has 0 radical (unpaired) electrons. The molecule has 0 fully saturated rings. The van der Waals surface area contributed by atoms with Gasteiger partial charge in [-0.15, -0.1) is 5.48 Å². The molecule has 8 nitrogen and oxygen atoms in total. The molecule has 0 aromatic carbocycles. The molecule has 1 rings (SSSR count). The summed E-state index contributed by atoms with van der Waals surface area (Å²) < 4.78 is 4.24. The number of carbonyl (C=O) groups is 1. The molecule has 0 aliphatic heterocycles. The fourth-order valence-corrected chi connectivity index (χ4v) is 1.49. The second-order valence-electron chi connectivity index (χ2n) is 3.38.